The van der Waals surface area contributed by atoms with Gasteiger partial charge in [0.25, 0.3) is 0 Å². The summed E-state index contributed by atoms with van der Waals surface area (Å²) in [6.07, 6.45) is 2.80. The molecule has 0 aliphatic heterocycles. The Bertz CT molecular complexity index is 798. The van der Waals surface area contributed by atoms with E-state index in [9.17, 15) is 15.0 Å². The zero-order chi connectivity index (χ0) is 20.4. The second-order valence-corrected chi connectivity index (χ2v) is 5.39. The van der Waals surface area contributed by atoms with Gasteiger partial charge in [0.05, 0.1) is 25.6 Å². The minimum Gasteiger partial charge on any atom is -0.504 e. The minimum atomic E-state index is -0.639. The van der Waals surface area contributed by atoms with Crippen molar-refractivity contribution in [2.75, 3.05) is 13.2 Å². The van der Waals surface area contributed by atoms with Crippen LogP contribution in [0.15, 0.2) is 46.6 Å². The van der Waals surface area contributed by atoms with E-state index in [1.807, 2.05) is 13.8 Å². The van der Waals surface area contributed by atoms with Gasteiger partial charge in [0.15, 0.2) is 23.0 Å². The molecule has 0 saturated heterocycles. The predicted molar refractivity (Wildman–Crippen MR) is 105 cm³/mol. The Hall–Kier alpha value is -3.75. The van der Waals surface area contributed by atoms with Crippen molar-refractivity contribution in [3.63, 3.8) is 0 Å². The fraction of sp³-hybridized carbons (Fsp3) is 0.211. The number of hydrogen-bond acceptors (Lipinski definition) is 7. The number of hydrazone groups is 2. The lowest BCUT2D eigenvalue weighted by Crippen LogP contribution is -2.28. The van der Waals surface area contributed by atoms with Crippen LogP contribution in [-0.4, -0.2) is 41.9 Å². The molecule has 9 heteroatoms. The number of urea groups is 1. The lowest BCUT2D eigenvalue weighted by Gasteiger charge is -2.06. The summed E-state index contributed by atoms with van der Waals surface area (Å²) >= 11 is 0. The summed E-state index contributed by atoms with van der Waals surface area (Å²) < 4.78 is 10.6. The number of carbonyl (C=O) groups excluding carboxylic acids is 1. The number of aromatic hydroxyl groups is 2. The number of nitrogens with one attached hydrogen (secondary N) is 2. The van der Waals surface area contributed by atoms with Gasteiger partial charge >= 0.3 is 6.03 Å². The molecule has 2 aromatic carbocycles. The first-order chi connectivity index (χ1) is 13.5. The van der Waals surface area contributed by atoms with Crippen LogP contribution in [0, 0.1) is 0 Å². The fourth-order valence-corrected chi connectivity index (χ4v) is 2.12. The number of carbonyl (C=O) groups is 1. The fourth-order valence-electron chi connectivity index (χ4n) is 2.12. The Kier molecular flexibility index (Phi) is 7.64. The van der Waals surface area contributed by atoms with Crippen molar-refractivity contribution in [2.45, 2.75) is 13.8 Å². The van der Waals surface area contributed by atoms with Crippen molar-refractivity contribution in [3.05, 3.63) is 47.5 Å². The molecule has 148 valence electrons. The van der Waals surface area contributed by atoms with Crippen molar-refractivity contribution < 1.29 is 24.5 Å². The van der Waals surface area contributed by atoms with Gasteiger partial charge in [-0.2, -0.15) is 10.2 Å². The molecule has 0 bridgehead atoms. The van der Waals surface area contributed by atoms with Crippen molar-refractivity contribution in [1.82, 2.24) is 10.9 Å². The Morgan fingerprint density at radius 3 is 1.71 bits per heavy atom. The van der Waals surface area contributed by atoms with Gasteiger partial charge in [-0.15, -0.1) is 0 Å². The van der Waals surface area contributed by atoms with Gasteiger partial charge < -0.3 is 19.7 Å². The predicted octanol–water partition coefficient (Wildman–Crippen LogP) is 2.56. The Labute approximate surface area is 162 Å². The van der Waals surface area contributed by atoms with E-state index in [0.29, 0.717) is 35.8 Å². The molecule has 0 unspecified atom stereocenters. The van der Waals surface area contributed by atoms with E-state index in [-0.39, 0.29) is 11.5 Å². The number of amides is 2. The number of ether oxygens (including phenoxy) is 2. The van der Waals surface area contributed by atoms with E-state index in [1.54, 1.807) is 24.3 Å². The van der Waals surface area contributed by atoms with Crippen LogP contribution in [0.1, 0.15) is 25.0 Å². The summed E-state index contributed by atoms with van der Waals surface area (Å²) in [6, 6.07) is 8.76. The van der Waals surface area contributed by atoms with Crippen LogP contribution in [0.4, 0.5) is 4.79 Å². The zero-order valence-corrected chi connectivity index (χ0v) is 15.5. The highest BCUT2D eigenvalue weighted by molar-refractivity contribution is 5.84. The van der Waals surface area contributed by atoms with Gasteiger partial charge in [0.1, 0.15) is 0 Å². The summed E-state index contributed by atoms with van der Waals surface area (Å²) in [6.45, 7) is 4.45. The highest BCUT2D eigenvalue weighted by atomic mass is 16.5. The maximum atomic E-state index is 11.7. The molecule has 0 radical (unpaired) electrons. The van der Waals surface area contributed by atoms with Crippen LogP contribution in [0.2, 0.25) is 0 Å². The molecule has 0 aliphatic carbocycles. The molecule has 0 aromatic heterocycles. The average molecular weight is 386 g/mol. The molecule has 9 nitrogen and oxygen atoms in total. The molecule has 2 aromatic rings. The second-order valence-electron chi connectivity index (χ2n) is 5.39. The van der Waals surface area contributed by atoms with Crippen LogP contribution >= 0.6 is 0 Å². The number of hydrogen-bond donors (Lipinski definition) is 4. The average Bonchev–Trinajstić information content (AvgIpc) is 2.67. The molecule has 0 aliphatic rings. The van der Waals surface area contributed by atoms with Crippen molar-refractivity contribution in [2.24, 2.45) is 10.2 Å². The lowest BCUT2D eigenvalue weighted by atomic mass is 10.2. The molecule has 0 spiro atoms. The van der Waals surface area contributed by atoms with Crippen LogP contribution in [0.25, 0.3) is 0 Å². The summed E-state index contributed by atoms with van der Waals surface area (Å²) in [4.78, 5) is 11.7. The van der Waals surface area contributed by atoms with Gasteiger partial charge in [0.2, 0.25) is 0 Å². The van der Waals surface area contributed by atoms with Crippen LogP contribution in [0.3, 0.4) is 0 Å². The standard InChI is InChI=1S/C19H22N4O5/c1-3-27-17-9-13(5-7-15(17)24)11-20-22-19(26)23-21-12-14-6-8-16(25)18(10-14)28-4-2/h5-12,24-25H,3-4H2,1-2H3,(H2,22,23,26)/b20-11-,21-12-. The Morgan fingerprint density at radius 1 is 0.893 bits per heavy atom. The number of nitrogens with zero attached hydrogens (tertiary/aromatic N) is 2. The smallest absolute Gasteiger partial charge is 0.355 e. The molecular formula is C19H22N4O5. The van der Waals surface area contributed by atoms with Crippen LogP contribution in [0.5, 0.6) is 23.0 Å². The summed E-state index contributed by atoms with van der Waals surface area (Å²) in [5, 5.41) is 26.9. The molecular weight excluding hydrogens is 364 g/mol. The third kappa shape index (κ3) is 6.20. The Morgan fingerprint density at radius 2 is 1.32 bits per heavy atom. The normalized spacial score (nSPS) is 10.9. The monoisotopic (exact) mass is 386 g/mol. The van der Waals surface area contributed by atoms with Gasteiger partial charge in [-0.3, -0.25) is 0 Å². The number of phenolic OH excluding ortho intramolecular Hbond substituents is 2. The first-order valence-corrected chi connectivity index (χ1v) is 8.57. The Balaban J connectivity index is 1.87. The second kappa shape index (κ2) is 10.4. The first-order valence-electron chi connectivity index (χ1n) is 8.57. The van der Waals surface area contributed by atoms with Crippen molar-refractivity contribution >= 4 is 18.5 Å². The summed E-state index contributed by atoms with van der Waals surface area (Å²) in [5.74, 6) is 0.725. The van der Waals surface area contributed by atoms with E-state index in [1.165, 1.54) is 24.6 Å². The number of phenols is 2. The molecule has 0 fully saturated rings. The molecule has 2 amide bonds. The molecule has 4 N–H and O–H groups in total. The summed E-state index contributed by atoms with van der Waals surface area (Å²) in [5.41, 5.74) is 5.80. The molecule has 0 saturated carbocycles. The SMILES string of the molecule is CCOc1cc(/C=N\NC(=O)N/N=C\c2ccc(O)c(OCC)c2)ccc1O. The highest BCUT2D eigenvalue weighted by Gasteiger charge is 2.03. The molecule has 2 rings (SSSR count). The quantitative estimate of drug-likeness (QED) is 0.410. The van der Waals surface area contributed by atoms with Gasteiger partial charge in [-0.05, 0) is 61.4 Å². The van der Waals surface area contributed by atoms with E-state index < -0.39 is 6.03 Å². The van der Waals surface area contributed by atoms with Crippen LogP contribution in [-0.2, 0) is 0 Å². The zero-order valence-electron chi connectivity index (χ0n) is 15.5. The maximum Gasteiger partial charge on any atom is 0.355 e. The first kappa shape index (κ1) is 20.6. The van der Waals surface area contributed by atoms with Crippen molar-refractivity contribution in [3.8, 4) is 23.0 Å². The maximum absolute atomic E-state index is 11.7. The highest BCUT2D eigenvalue weighted by Crippen LogP contribution is 2.26. The van der Waals surface area contributed by atoms with Gasteiger partial charge in [0, 0.05) is 0 Å². The van der Waals surface area contributed by atoms with Crippen LogP contribution < -0.4 is 20.3 Å². The van der Waals surface area contributed by atoms with E-state index >= 15 is 0 Å². The molecule has 0 atom stereocenters. The topological polar surface area (TPSA) is 125 Å². The lowest BCUT2D eigenvalue weighted by molar-refractivity contribution is 0.242. The largest absolute Gasteiger partial charge is 0.504 e. The third-order valence-electron chi connectivity index (χ3n) is 3.33. The third-order valence-corrected chi connectivity index (χ3v) is 3.33. The summed E-state index contributed by atoms with van der Waals surface area (Å²) in [7, 11) is 0. The van der Waals surface area contributed by atoms with Crippen molar-refractivity contribution in [1.29, 1.82) is 0 Å². The minimum absolute atomic E-state index is 0.0285. The van der Waals surface area contributed by atoms with E-state index in [2.05, 4.69) is 21.1 Å². The molecule has 28 heavy (non-hydrogen) atoms. The van der Waals surface area contributed by atoms with Gasteiger partial charge in [-0.1, -0.05) is 0 Å². The number of rotatable bonds is 8. The number of benzene rings is 2. The van der Waals surface area contributed by atoms with Gasteiger partial charge in [-0.25, -0.2) is 15.6 Å². The molecule has 0 heterocycles. The van der Waals surface area contributed by atoms with E-state index in [0.717, 1.165) is 0 Å². The van der Waals surface area contributed by atoms with E-state index in [4.69, 9.17) is 9.47 Å².